The summed E-state index contributed by atoms with van der Waals surface area (Å²) in [5, 5.41) is 28.9. The minimum atomic E-state index is -1.05. The Balaban J connectivity index is 0.000000325. The Labute approximate surface area is 175 Å². The zero-order valence-corrected chi connectivity index (χ0v) is 16.8. The number of carboxylic acids is 3. The molecule has 2 aromatic rings. The molecule has 0 spiro atoms. The van der Waals surface area contributed by atoms with Crippen molar-refractivity contribution < 1.29 is 29.7 Å². The van der Waals surface area contributed by atoms with Crippen molar-refractivity contribution in [2.75, 3.05) is 0 Å². The Hall–Kier alpha value is -3.23. The van der Waals surface area contributed by atoms with Crippen LogP contribution in [0.5, 0.6) is 0 Å². The molecule has 162 valence electrons. The van der Waals surface area contributed by atoms with E-state index < -0.39 is 36.0 Å². The molecule has 0 aliphatic carbocycles. The summed E-state index contributed by atoms with van der Waals surface area (Å²) in [6.45, 7) is 1.43. The van der Waals surface area contributed by atoms with Crippen LogP contribution in [0.4, 0.5) is 0 Å². The molecular weight excluding hydrogens is 388 g/mol. The van der Waals surface area contributed by atoms with Gasteiger partial charge in [-0.15, -0.1) is 0 Å². The van der Waals surface area contributed by atoms with E-state index in [0.717, 1.165) is 11.1 Å². The number of hydrogen-bond donors (Lipinski definition) is 5. The van der Waals surface area contributed by atoms with Crippen molar-refractivity contribution in [2.45, 2.75) is 44.3 Å². The van der Waals surface area contributed by atoms with Gasteiger partial charge in [-0.2, -0.15) is 0 Å². The highest BCUT2D eigenvalue weighted by molar-refractivity contribution is 5.77. The number of rotatable bonds is 10. The summed E-state index contributed by atoms with van der Waals surface area (Å²) in [6.07, 6.45) is 1.34. The zero-order chi connectivity index (χ0) is 22.5. The number of aliphatic carboxylic acids is 3. The highest BCUT2D eigenvalue weighted by Crippen LogP contribution is 2.06. The molecule has 0 heterocycles. The first-order valence-corrected chi connectivity index (χ1v) is 9.48. The largest absolute Gasteiger partial charge is 0.480 e. The van der Waals surface area contributed by atoms with E-state index in [1.54, 1.807) is 0 Å². The summed E-state index contributed by atoms with van der Waals surface area (Å²) in [5.74, 6) is -3.04. The Morgan fingerprint density at radius 3 is 1.77 bits per heavy atom. The first-order chi connectivity index (χ1) is 14.2. The molecule has 0 aliphatic rings. The van der Waals surface area contributed by atoms with Crippen LogP contribution >= 0.6 is 0 Å². The van der Waals surface area contributed by atoms with Crippen LogP contribution in [0, 0.1) is 0 Å². The zero-order valence-electron chi connectivity index (χ0n) is 16.8. The molecule has 0 bridgehead atoms. The standard InChI is InChI=1S/C13H17NO4.C9H11NO2/c1-9(12(15)16)14-11(13(17)18)8-7-10-5-3-2-4-6-10;10-8(9(11)12)6-7-4-2-1-3-5-7/h2-6,9,11,14H,7-8H2,1H3,(H,15,16)(H,17,18);1-5,8H,6,10H2,(H,11,12)/t9-,11+;/m1./s1. The molecule has 8 nitrogen and oxygen atoms in total. The van der Waals surface area contributed by atoms with Crippen LogP contribution in [0.1, 0.15) is 24.5 Å². The monoisotopic (exact) mass is 416 g/mol. The average Bonchev–Trinajstić information content (AvgIpc) is 2.72. The summed E-state index contributed by atoms with van der Waals surface area (Å²) in [7, 11) is 0. The molecule has 0 saturated heterocycles. The Morgan fingerprint density at radius 2 is 1.33 bits per heavy atom. The van der Waals surface area contributed by atoms with E-state index in [-0.39, 0.29) is 0 Å². The first kappa shape index (κ1) is 24.8. The highest BCUT2D eigenvalue weighted by Gasteiger charge is 2.22. The van der Waals surface area contributed by atoms with E-state index in [1.165, 1.54) is 6.92 Å². The molecule has 0 fully saturated rings. The summed E-state index contributed by atoms with van der Waals surface area (Å²) in [5.41, 5.74) is 7.34. The Kier molecular flexibility index (Phi) is 10.8. The van der Waals surface area contributed by atoms with Crippen molar-refractivity contribution >= 4 is 17.9 Å². The summed E-state index contributed by atoms with van der Waals surface area (Å²) < 4.78 is 0. The van der Waals surface area contributed by atoms with Gasteiger partial charge in [-0.3, -0.25) is 19.7 Å². The minimum Gasteiger partial charge on any atom is -0.480 e. The number of hydrogen-bond acceptors (Lipinski definition) is 5. The molecule has 0 saturated carbocycles. The van der Waals surface area contributed by atoms with E-state index in [9.17, 15) is 14.4 Å². The summed E-state index contributed by atoms with van der Waals surface area (Å²) in [4.78, 5) is 32.1. The van der Waals surface area contributed by atoms with Crippen molar-refractivity contribution in [1.29, 1.82) is 0 Å². The number of benzene rings is 2. The molecule has 8 heteroatoms. The molecular formula is C22H28N2O6. The second kappa shape index (κ2) is 13.1. The molecule has 2 rings (SSSR count). The fourth-order valence-electron chi connectivity index (χ4n) is 2.56. The van der Waals surface area contributed by atoms with Crippen LogP contribution in [0.15, 0.2) is 60.7 Å². The molecule has 0 radical (unpaired) electrons. The van der Waals surface area contributed by atoms with Gasteiger partial charge in [-0.1, -0.05) is 60.7 Å². The maximum atomic E-state index is 11.0. The van der Waals surface area contributed by atoms with Crippen molar-refractivity contribution in [3.8, 4) is 0 Å². The summed E-state index contributed by atoms with van der Waals surface area (Å²) in [6, 6.07) is 16.3. The van der Waals surface area contributed by atoms with E-state index in [4.69, 9.17) is 21.1 Å². The summed E-state index contributed by atoms with van der Waals surface area (Å²) >= 11 is 0. The van der Waals surface area contributed by atoms with Crippen molar-refractivity contribution in [1.82, 2.24) is 5.32 Å². The van der Waals surface area contributed by atoms with Crippen molar-refractivity contribution in [2.24, 2.45) is 5.73 Å². The van der Waals surface area contributed by atoms with Gasteiger partial charge in [0.2, 0.25) is 0 Å². The van der Waals surface area contributed by atoms with Gasteiger partial charge in [-0.25, -0.2) is 0 Å². The first-order valence-electron chi connectivity index (χ1n) is 9.48. The van der Waals surface area contributed by atoms with E-state index in [0.29, 0.717) is 19.3 Å². The van der Waals surface area contributed by atoms with Gasteiger partial charge < -0.3 is 21.1 Å². The number of nitrogens with one attached hydrogen (secondary N) is 1. The minimum absolute atomic E-state index is 0.358. The number of aryl methyl sites for hydroxylation is 1. The Morgan fingerprint density at radius 1 is 0.833 bits per heavy atom. The predicted molar refractivity (Wildman–Crippen MR) is 112 cm³/mol. The highest BCUT2D eigenvalue weighted by atomic mass is 16.4. The van der Waals surface area contributed by atoms with Gasteiger partial charge >= 0.3 is 17.9 Å². The maximum Gasteiger partial charge on any atom is 0.320 e. The SMILES string of the molecule is C[C@@H](N[C@@H](CCc1ccccc1)C(=O)O)C(=O)O.NC(Cc1ccccc1)C(=O)O. The van der Waals surface area contributed by atoms with Gasteiger partial charge in [0.1, 0.15) is 18.1 Å². The molecule has 30 heavy (non-hydrogen) atoms. The fraction of sp³-hybridized carbons (Fsp3) is 0.318. The molecule has 1 unspecified atom stereocenters. The van der Waals surface area contributed by atoms with Crippen LogP contribution < -0.4 is 11.1 Å². The quantitative estimate of drug-likeness (QED) is 0.393. The number of carboxylic acid groups (broad SMARTS) is 3. The van der Waals surface area contributed by atoms with E-state index in [1.807, 2.05) is 60.7 Å². The molecule has 3 atom stereocenters. The maximum absolute atomic E-state index is 11.0. The lowest BCUT2D eigenvalue weighted by Crippen LogP contribution is -2.45. The third-order valence-electron chi connectivity index (χ3n) is 4.30. The van der Waals surface area contributed by atoms with Crippen LogP contribution in [0.25, 0.3) is 0 Å². The second-order valence-electron chi connectivity index (χ2n) is 6.78. The Bertz CT molecular complexity index is 798. The van der Waals surface area contributed by atoms with Gasteiger partial charge in [0, 0.05) is 0 Å². The van der Waals surface area contributed by atoms with Crippen molar-refractivity contribution in [3.63, 3.8) is 0 Å². The fourth-order valence-corrected chi connectivity index (χ4v) is 2.56. The third-order valence-corrected chi connectivity index (χ3v) is 4.30. The second-order valence-corrected chi connectivity index (χ2v) is 6.78. The lowest BCUT2D eigenvalue weighted by atomic mass is 10.0. The van der Waals surface area contributed by atoms with Gasteiger partial charge in [0.05, 0.1) is 0 Å². The lowest BCUT2D eigenvalue weighted by Gasteiger charge is -2.17. The van der Waals surface area contributed by atoms with Gasteiger partial charge in [0.25, 0.3) is 0 Å². The molecule has 0 aliphatic heterocycles. The van der Waals surface area contributed by atoms with Crippen LogP contribution in [-0.4, -0.2) is 51.4 Å². The number of nitrogens with two attached hydrogens (primary N) is 1. The van der Waals surface area contributed by atoms with Gasteiger partial charge in [-0.05, 0) is 37.3 Å². The average molecular weight is 416 g/mol. The molecule has 2 aromatic carbocycles. The predicted octanol–water partition coefficient (Wildman–Crippen LogP) is 1.78. The normalized spacial score (nSPS) is 13.3. The van der Waals surface area contributed by atoms with E-state index in [2.05, 4.69) is 5.32 Å². The molecule has 0 amide bonds. The number of carbonyl (C=O) groups is 3. The van der Waals surface area contributed by atoms with E-state index >= 15 is 0 Å². The third kappa shape index (κ3) is 9.81. The van der Waals surface area contributed by atoms with Crippen molar-refractivity contribution in [3.05, 3.63) is 71.8 Å². The smallest absolute Gasteiger partial charge is 0.320 e. The molecule has 6 N–H and O–H groups in total. The topological polar surface area (TPSA) is 150 Å². The lowest BCUT2D eigenvalue weighted by molar-refractivity contribution is -0.142. The van der Waals surface area contributed by atoms with Gasteiger partial charge in [0.15, 0.2) is 0 Å². The van der Waals surface area contributed by atoms with Crippen LogP contribution in [-0.2, 0) is 27.2 Å². The molecule has 0 aromatic heterocycles. The van der Waals surface area contributed by atoms with Crippen LogP contribution in [0.3, 0.4) is 0 Å². The van der Waals surface area contributed by atoms with Crippen LogP contribution in [0.2, 0.25) is 0 Å².